The second kappa shape index (κ2) is 9.28. The topological polar surface area (TPSA) is 88.9 Å². The fraction of sp³-hybridized carbons (Fsp3) is 0.208. The maximum absolute atomic E-state index is 13.0. The minimum Gasteiger partial charge on any atom is -0.459 e. The van der Waals surface area contributed by atoms with Crippen LogP contribution in [0.1, 0.15) is 27.2 Å². The number of ether oxygens (including phenoxy) is 1. The Hall–Kier alpha value is -3.58. The van der Waals surface area contributed by atoms with Crippen LogP contribution >= 0.6 is 11.6 Å². The maximum Gasteiger partial charge on any atom is 0.329 e. The SMILES string of the molecule is Cc1c(Cl)cccc1NC(=O)COC(=O)C1Cc2ccccc2CN1C(=O)c1ccco1. The molecule has 2 heterocycles. The third kappa shape index (κ3) is 4.53. The number of anilines is 1. The van der Waals surface area contributed by atoms with Crippen molar-refractivity contribution in [2.45, 2.75) is 25.9 Å². The average molecular weight is 453 g/mol. The summed E-state index contributed by atoms with van der Waals surface area (Å²) in [7, 11) is 0. The van der Waals surface area contributed by atoms with E-state index in [1.807, 2.05) is 24.3 Å². The summed E-state index contributed by atoms with van der Waals surface area (Å²) in [5, 5.41) is 3.21. The number of hydrogen-bond acceptors (Lipinski definition) is 5. The summed E-state index contributed by atoms with van der Waals surface area (Å²) >= 11 is 6.07. The lowest BCUT2D eigenvalue weighted by molar-refractivity contribution is -0.152. The minimum absolute atomic E-state index is 0.136. The Kier molecular flexibility index (Phi) is 6.28. The van der Waals surface area contributed by atoms with E-state index in [1.165, 1.54) is 11.2 Å². The molecule has 4 rings (SSSR count). The zero-order valence-corrected chi connectivity index (χ0v) is 18.1. The maximum atomic E-state index is 13.0. The van der Waals surface area contributed by atoms with E-state index in [0.717, 1.165) is 11.1 Å². The van der Waals surface area contributed by atoms with E-state index >= 15 is 0 Å². The number of carbonyl (C=O) groups excluding carboxylic acids is 3. The summed E-state index contributed by atoms with van der Waals surface area (Å²) in [4.78, 5) is 39.6. The summed E-state index contributed by atoms with van der Waals surface area (Å²) in [6.45, 7) is 1.54. The van der Waals surface area contributed by atoms with E-state index < -0.39 is 30.4 Å². The van der Waals surface area contributed by atoms with Crippen molar-refractivity contribution in [2.24, 2.45) is 0 Å². The number of nitrogens with one attached hydrogen (secondary N) is 1. The molecule has 7 nitrogen and oxygen atoms in total. The number of halogens is 1. The van der Waals surface area contributed by atoms with Crippen molar-refractivity contribution in [1.82, 2.24) is 4.90 Å². The molecule has 1 N–H and O–H groups in total. The highest BCUT2D eigenvalue weighted by Gasteiger charge is 2.37. The van der Waals surface area contributed by atoms with Crippen molar-refractivity contribution >= 4 is 35.1 Å². The van der Waals surface area contributed by atoms with E-state index in [2.05, 4.69) is 5.32 Å². The average Bonchev–Trinajstić information content (AvgIpc) is 3.34. The second-order valence-corrected chi connectivity index (χ2v) is 7.87. The Labute approximate surface area is 189 Å². The van der Waals surface area contributed by atoms with Crippen molar-refractivity contribution < 1.29 is 23.5 Å². The monoisotopic (exact) mass is 452 g/mol. The van der Waals surface area contributed by atoms with Crippen LogP contribution in [0, 0.1) is 6.92 Å². The molecular weight excluding hydrogens is 432 g/mol. The summed E-state index contributed by atoms with van der Waals surface area (Å²) < 4.78 is 10.5. The number of furan rings is 1. The lowest BCUT2D eigenvalue weighted by Gasteiger charge is -2.34. The van der Waals surface area contributed by atoms with Crippen LogP contribution in [0.25, 0.3) is 0 Å². The van der Waals surface area contributed by atoms with Gasteiger partial charge in [-0.1, -0.05) is 41.9 Å². The predicted molar refractivity (Wildman–Crippen MR) is 118 cm³/mol. The van der Waals surface area contributed by atoms with Crippen LogP contribution in [0.5, 0.6) is 0 Å². The molecule has 0 saturated carbocycles. The Morgan fingerprint density at radius 1 is 1.09 bits per heavy atom. The fourth-order valence-corrected chi connectivity index (χ4v) is 3.83. The molecule has 1 aliphatic heterocycles. The number of amides is 2. The first-order valence-corrected chi connectivity index (χ1v) is 10.4. The molecule has 1 atom stereocenters. The summed E-state index contributed by atoms with van der Waals surface area (Å²) in [5.74, 6) is -1.43. The zero-order chi connectivity index (χ0) is 22.7. The van der Waals surface area contributed by atoms with Crippen molar-refractivity contribution in [3.63, 3.8) is 0 Å². The fourth-order valence-electron chi connectivity index (χ4n) is 3.65. The smallest absolute Gasteiger partial charge is 0.329 e. The summed E-state index contributed by atoms with van der Waals surface area (Å²) in [6.07, 6.45) is 1.69. The van der Waals surface area contributed by atoms with Gasteiger partial charge in [0, 0.05) is 23.7 Å². The van der Waals surface area contributed by atoms with Crippen molar-refractivity contribution in [2.75, 3.05) is 11.9 Å². The van der Waals surface area contributed by atoms with E-state index in [1.54, 1.807) is 37.3 Å². The van der Waals surface area contributed by atoms with Crippen LogP contribution in [-0.2, 0) is 27.3 Å². The van der Waals surface area contributed by atoms with Gasteiger partial charge in [-0.15, -0.1) is 0 Å². The van der Waals surface area contributed by atoms with Gasteiger partial charge in [-0.25, -0.2) is 4.79 Å². The summed E-state index contributed by atoms with van der Waals surface area (Å²) in [5.41, 5.74) is 3.16. The number of fused-ring (bicyclic) bond motifs is 1. The first-order valence-electron chi connectivity index (χ1n) is 10.1. The van der Waals surface area contributed by atoms with Gasteiger partial charge in [0.1, 0.15) is 6.04 Å². The van der Waals surface area contributed by atoms with Crippen LogP contribution in [0.2, 0.25) is 5.02 Å². The molecule has 8 heteroatoms. The van der Waals surface area contributed by atoms with Gasteiger partial charge in [-0.3, -0.25) is 9.59 Å². The molecule has 0 fully saturated rings. The highest BCUT2D eigenvalue weighted by molar-refractivity contribution is 6.31. The lowest BCUT2D eigenvalue weighted by atomic mass is 9.93. The number of carbonyl (C=O) groups is 3. The first kappa shape index (κ1) is 21.6. The van der Waals surface area contributed by atoms with Crippen LogP contribution in [0.3, 0.4) is 0 Å². The third-order valence-electron chi connectivity index (χ3n) is 5.40. The number of rotatable bonds is 5. The Bertz CT molecular complexity index is 1160. The van der Waals surface area contributed by atoms with Gasteiger partial charge in [-0.05, 0) is 47.9 Å². The van der Waals surface area contributed by atoms with Gasteiger partial charge in [-0.2, -0.15) is 0 Å². The minimum atomic E-state index is -0.872. The molecule has 1 unspecified atom stereocenters. The molecule has 0 radical (unpaired) electrons. The molecular formula is C24H21ClN2O5. The molecule has 0 saturated heterocycles. The molecule has 2 aromatic carbocycles. The van der Waals surface area contributed by atoms with Gasteiger partial charge in [0.2, 0.25) is 0 Å². The molecule has 0 spiro atoms. The number of nitrogens with zero attached hydrogens (tertiary/aromatic N) is 1. The number of benzene rings is 2. The second-order valence-electron chi connectivity index (χ2n) is 7.47. The normalized spacial score (nSPS) is 15.1. The largest absolute Gasteiger partial charge is 0.459 e. The van der Waals surface area contributed by atoms with Gasteiger partial charge >= 0.3 is 5.97 Å². The van der Waals surface area contributed by atoms with E-state index in [0.29, 0.717) is 16.3 Å². The molecule has 3 aromatic rings. The molecule has 164 valence electrons. The predicted octanol–water partition coefficient (Wildman–Crippen LogP) is 3.99. The Morgan fingerprint density at radius 3 is 2.62 bits per heavy atom. The Morgan fingerprint density at radius 2 is 1.88 bits per heavy atom. The highest BCUT2D eigenvalue weighted by atomic mass is 35.5. The molecule has 2 amide bonds. The van der Waals surface area contributed by atoms with Crippen molar-refractivity contribution in [3.05, 3.63) is 88.3 Å². The van der Waals surface area contributed by atoms with Crippen LogP contribution in [0.4, 0.5) is 5.69 Å². The zero-order valence-electron chi connectivity index (χ0n) is 17.3. The van der Waals surface area contributed by atoms with Crippen molar-refractivity contribution in [3.8, 4) is 0 Å². The van der Waals surface area contributed by atoms with E-state index in [9.17, 15) is 14.4 Å². The molecule has 0 aliphatic carbocycles. The molecule has 32 heavy (non-hydrogen) atoms. The first-order chi connectivity index (χ1) is 15.4. The van der Waals surface area contributed by atoms with E-state index in [-0.39, 0.29) is 18.7 Å². The lowest BCUT2D eigenvalue weighted by Crippen LogP contribution is -2.49. The molecule has 1 aliphatic rings. The van der Waals surface area contributed by atoms with Gasteiger partial charge in [0.25, 0.3) is 11.8 Å². The molecule has 0 bridgehead atoms. The molecule has 1 aromatic heterocycles. The highest BCUT2D eigenvalue weighted by Crippen LogP contribution is 2.26. The van der Waals surface area contributed by atoms with Crippen molar-refractivity contribution in [1.29, 1.82) is 0 Å². The number of hydrogen-bond donors (Lipinski definition) is 1. The quantitative estimate of drug-likeness (QED) is 0.591. The number of esters is 1. The van der Waals surface area contributed by atoms with Gasteiger partial charge in [0.15, 0.2) is 12.4 Å². The van der Waals surface area contributed by atoms with Crippen LogP contribution in [0.15, 0.2) is 65.3 Å². The van der Waals surface area contributed by atoms with E-state index in [4.69, 9.17) is 20.8 Å². The van der Waals surface area contributed by atoms with Crippen LogP contribution in [-0.4, -0.2) is 35.3 Å². The summed E-state index contributed by atoms with van der Waals surface area (Å²) in [6, 6.07) is 15.0. The standard InChI is InChI=1S/C24H21ClN2O5/c1-15-18(25)8-4-9-19(15)26-22(28)14-32-24(30)20-12-16-6-2-3-7-17(16)13-27(20)23(29)21-10-5-11-31-21/h2-11,20H,12-14H2,1H3,(H,26,28). The van der Waals surface area contributed by atoms with Gasteiger partial charge < -0.3 is 19.4 Å². The van der Waals surface area contributed by atoms with Gasteiger partial charge in [0.05, 0.1) is 6.26 Å². The van der Waals surface area contributed by atoms with Crippen LogP contribution < -0.4 is 5.32 Å². The third-order valence-corrected chi connectivity index (χ3v) is 5.81. The Balaban J connectivity index is 1.47.